The predicted octanol–water partition coefficient (Wildman–Crippen LogP) is 2.19. The number of carbonyl (C=O) groups excluding carboxylic acids is 1. The molecule has 1 amide bonds. The van der Waals surface area contributed by atoms with E-state index in [1.807, 2.05) is 0 Å². The average molecular weight is 328 g/mol. The molecule has 1 aliphatic rings. The van der Waals surface area contributed by atoms with Crippen LogP contribution in [0.25, 0.3) is 0 Å². The van der Waals surface area contributed by atoms with Gasteiger partial charge in [0.15, 0.2) is 6.10 Å². The molecule has 102 valence electrons. The third-order valence-electron chi connectivity index (χ3n) is 2.93. The highest BCUT2D eigenvalue weighted by molar-refractivity contribution is 9.10. The topological polar surface area (TPSA) is 75.6 Å². The van der Waals surface area contributed by atoms with Crippen LogP contribution in [-0.2, 0) is 4.79 Å². The summed E-state index contributed by atoms with van der Waals surface area (Å²) in [4.78, 5) is 22.8. The van der Waals surface area contributed by atoms with Crippen LogP contribution in [0.15, 0.2) is 22.7 Å². The number of amides is 1. The van der Waals surface area contributed by atoms with Crippen molar-refractivity contribution in [1.82, 2.24) is 5.32 Å². The third kappa shape index (κ3) is 3.47. The number of nitrogens with one attached hydrogen (secondary N) is 1. The molecule has 1 heterocycles. The largest absolute Gasteiger partial charge is 0.481 e. The van der Waals surface area contributed by atoms with Crippen molar-refractivity contribution >= 4 is 27.8 Å². The van der Waals surface area contributed by atoms with Crippen molar-refractivity contribution in [3.63, 3.8) is 0 Å². The number of rotatable bonds is 3. The van der Waals surface area contributed by atoms with Gasteiger partial charge in [0, 0.05) is 11.0 Å². The van der Waals surface area contributed by atoms with Crippen LogP contribution < -0.4 is 10.1 Å². The van der Waals surface area contributed by atoms with Crippen molar-refractivity contribution in [3.8, 4) is 5.75 Å². The summed E-state index contributed by atoms with van der Waals surface area (Å²) in [5.41, 5.74) is 0.117. The molecule has 1 atom stereocenters. The van der Waals surface area contributed by atoms with Crippen LogP contribution in [0.5, 0.6) is 5.75 Å². The number of hydrogen-bond donors (Lipinski definition) is 2. The zero-order valence-corrected chi connectivity index (χ0v) is 11.8. The summed E-state index contributed by atoms with van der Waals surface area (Å²) in [6, 6.07) is 4.67. The van der Waals surface area contributed by atoms with E-state index in [4.69, 9.17) is 9.84 Å². The molecule has 0 spiro atoms. The van der Waals surface area contributed by atoms with Crippen LogP contribution in [0, 0.1) is 0 Å². The quantitative estimate of drug-likeness (QED) is 0.892. The van der Waals surface area contributed by atoms with E-state index < -0.39 is 12.1 Å². The summed E-state index contributed by atoms with van der Waals surface area (Å²) in [5.74, 6) is -0.789. The van der Waals surface area contributed by atoms with Gasteiger partial charge in [-0.25, -0.2) is 4.79 Å². The minimum atomic E-state index is -1.04. The molecular weight excluding hydrogens is 314 g/mol. The molecule has 2 N–H and O–H groups in total. The zero-order valence-electron chi connectivity index (χ0n) is 10.2. The van der Waals surface area contributed by atoms with Crippen molar-refractivity contribution in [1.29, 1.82) is 0 Å². The van der Waals surface area contributed by atoms with E-state index >= 15 is 0 Å². The molecule has 1 fully saturated rings. The molecule has 0 bridgehead atoms. The van der Waals surface area contributed by atoms with E-state index in [0.717, 1.165) is 12.8 Å². The number of carboxylic acids is 1. The standard InChI is InChI=1S/C13H14BrNO4/c14-10-5-4-8(7-9(10)13(17)18)19-11-3-1-2-6-15-12(11)16/h4-5,7,11H,1-3,6H2,(H,15,16)(H,17,18). The molecule has 1 unspecified atom stereocenters. The summed E-state index contributed by atoms with van der Waals surface area (Å²) < 4.78 is 6.08. The van der Waals surface area contributed by atoms with E-state index in [9.17, 15) is 9.59 Å². The van der Waals surface area contributed by atoms with E-state index in [0.29, 0.717) is 23.2 Å². The lowest BCUT2D eigenvalue weighted by molar-refractivity contribution is -0.127. The monoisotopic (exact) mass is 327 g/mol. The van der Waals surface area contributed by atoms with Gasteiger partial charge in [-0.05, 0) is 53.4 Å². The summed E-state index contributed by atoms with van der Waals surface area (Å²) in [7, 11) is 0. The Bertz CT molecular complexity index is 503. The van der Waals surface area contributed by atoms with Gasteiger partial charge in [0.1, 0.15) is 5.75 Å². The molecule has 0 saturated carbocycles. The van der Waals surface area contributed by atoms with E-state index in [-0.39, 0.29) is 11.5 Å². The van der Waals surface area contributed by atoms with E-state index in [1.54, 1.807) is 12.1 Å². The number of benzene rings is 1. The fourth-order valence-corrected chi connectivity index (χ4v) is 2.35. The maximum absolute atomic E-state index is 11.7. The van der Waals surface area contributed by atoms with Crippen molar-refractivity contribution < 1.29 is 19.4 Å². The Morgan fingerprint density at radius 2 is 2.21 bits per heavy atom. The maximum atomic E-state index is 11.7. The Hall–Kier alpha value is -1.56. The molecule has 2 rings (SSSR count). The molecule has 1 aliphatic heterocycles. The maximum Gasteiger partial charge on any atom is 0.336 e. The molecule has 1 aromatic rings. The first-order chi connectivity index (χ1) is 9.08. The van der Waals surface area contributed by atoms with Gasteiger partial charge in [-0.1, -0.05) is 0 Å². The molecule has 1 saturated heterocycles. The molecule has 6 heteroatoms. The molecule has 0 aliphatic carbocycles. The second-order valence-corrected chi connectivity index (χ2v) is 5.19. The van der Waals surface area contributed by atoms with Gasteiger partial charge in [-0.15, -0.1) is 0 Å². The molecule has 1 aromatic carbocycles. The molecular formula is C13H14BrNO4. The Kier molecular flexibility index (Phi) is 4.42. The second-order valence-electron chi connectivity index (χ2n) is 4.34. The molecule has 5 nitrogen and oxygen atoms in total. The summed E-state index contributed by atoms with van der Waals surface area (Å²) in [6.07, 6.45) is 1.94. The van der Waals surface area contributed by atoms with Gasteiger partial charge in [0.25, 0.3) is 5.91 Å². The second kappa shape index (κ2) is 6.06. The number of carbonyl (C=O) groups is 2. The number of carboxylic acid groups (broad SMARTS) is 1. The van der Waals surface area contributed by atoms with Gasteiger partial charge in [0.2, 0.25) is 0 Å². The van der Waals surface area contributed by atoms with Crippen LogP contribution >= 0.6 is 15.9 Å². The molecule has 19 heavy (non-hydrogen) atoms. The first-order valence-corrected chi connectivity index (χ1v) is 6.84. The highest BCUT2D eigenvalue weighted by Crippen LogP contribution is 2.24. The third-order valence-corrected chi connectivity index (χ3v) is 3.62. The normalized spacial score (nSPS) is 19.4. The lowest BCUT2D eigenvalue weighted by Gasteiger charge is -2.16. The van der Waals surface area contributed by atoms with Gasteiger partial charge in [0.05, 0.1) is 5.56 Å². The van der Waals surface area contributed by atoms with E-state index in [1.165, 1.54) is 6.07 Å². The van der Waals surface area contributed by atoms with Crippen molar-refractivity contribution in [2.45, 2.75) is 25.4 Å². The molecule has 0 aromatic heterocycles. The highest BCUT2D eigenvalue weighted by Gasteiger charge is 2.22. The van der Waals surface area contributed by atoms with Gasteiger partial charge < -0.3 is 15.2 Å². The SMILES string of the molecule is O=C(O)c1cc(OC2CCCCNC2=O)ccc1Br. The molecule has 0 radical (unpaired) electrons. The first kappa shape index (κ1) is 13.9. The lowest BCUT2D eigenvalue weighted by atomic mass is 10.1. The number of hydrogen-bond acceptors (Lipinski definition) is 3. The fraction of sp³-hybridized carbons (Fsp3) is 0.385. The fourth-order valence-electron chi connectivity index (χ4n) is 1.93. The van der Waals surface area contributed by atoms with Crippen LogP contribution in [-0.4, -0.2) is 29.6 Å². The van der Waals surface area contributed by atoms with Gasteiger partial charge in [-0.3, -0.25) is 4.79 Å². The van der Waals surface area contributed by atoms with E-state index in [2.05, 4.69) is 21.2 Å². The highest BCUT2D eigenvalue weighted by atomic mass is 79.9. The Labute approximate surface area is 119 Å². The Morgan fingerprint density at radius 3 is 2.95 bits per heavy atom. The number of ether oxygens (including phenoxy) is 1. The van der Waals surface area contributed by atoms with Crippen molar-refractivity contribution in [2.75, 3.05) is 6.54 Å². The summed E-state index contributed by atoms with van der Waals surface area (Å²) >= 11 is 3.16. The number of aromatic carboxylic acids is 1. The van der Waals surface area contributed by atoms with Crippen LogP contribution in [0.3, 0.4) is 0 Å². The average Bonchev–Trinajstić information content (AvgIpc) is 2.57. The Morgan fingerprint density at radius 1 is 1.42 bits per heavy atom. The van der Waals surface area contributed by atoms with Crippen molar-refractivity contribution in [3.05, 3.63) is 28.2 Å². The predicted molar refractivity (Wildman–Crippen MR) is 72.4 cm³/mol. The minimum absolute atomic E-state index is 0.117. The zero-order chi connectivity index (χ0) is 13.8. The minimum Gasteiger partial charge on any atom is -0.481 e. The number of halogens is 1. The van der Waals surface area contributed by atoms with Crippen molar-refractivity contribution in [2.24, 2.45) is 0 Å². The van der Waals surface area contributed by atoms with Crippen LogP contribution in [0.2, 0.25) is 0 Å². The van der Waals surface area contributed by atoms with Crippen LogP contribution in [0.1, 0.15) is 29.6 Å². The first-order valence-electron chi connectivity index (χ1n) is 6.05. The lowest BCUT2D eigenvalue weighted by Crippen LogP contribution is -2.36. The van der Waals surface area contributed by atoms with Gasteiger partial charge >= 0.3 is 5.97 Å². The van der Waals surface area contributed by atoms with Gasteiger partial charge in [-0.2, -0.15) is 0 Å². The summed E-state index contributed by atoms with van der Waals surface area (Å²) in [5, 5.41) is 11.8. The van der Waals surface area contributed by atoms with Crippen LogP contribution in [0.4, 0.5) is 0 Å². The summed E-state index contributed by atoms with van der Waals surface area (Å²) in [6.45, 7) is 0.666. The Balaban J connectivity index is 2.16. The smallest absolute Gasteiger partial charge is 0.336 e.